The number of anilines is 1. The highest BCUT2D eigenvalue weighted by molar-refractivity contribution is 5.75. The van der Waals surface area contributed by atoms with Gasteiger partial charge < -0.3 is 21.3 Å². The number of para-hydroxylation sites is 1. The summed E-state index contributed by atoms with van der Waals surface area (Å²) in [7, 11) is 0. The highest BCUT2D eigenvalue weighted by Gasteiger charge is 2.14. The number of carboxylic acids is 2. The van der Waals surface area contributed by atoms with E-state index in [2.05, 4.69) is 5.32 Å². The summed E-state index contributed by atoms with van der Waals surface area (Å²) in [4.78, 5) is 21.1. The molecule has 92 valence electrons. The van der Waals surface area contributed by atoms with E-state index in [0.29, 0.717) is 11.3 Å². The van der Waals surface area contributed by atoms with E-state index < -0.39 is 18.0 Å². The van der Waals surface area contributed by atoms with Crippen LogP contribution in [0.1, 0.15) is 5.56 Å². The van der Waals surface area contributed by atoms with E-state index in [-0.39, 0.29) is 13.0 Å². The van der Waals surface area contributed by atoms with Crippen molar-refractivity contribution in [1.82, 2.24) is 0 Å². The Morgan fingerprint density at radius 3 is 2.53 bits per heavy atom. The fraction of sp³-hybridized carbons (Fsp3) is 0.273. The maximum absolute atomic E-state index is 10.6. The summed E-state index contributed by atoms with van der Waals surface area (Å²) in [5, 5.41) is 20.0. The number of nitrogens with two attached hydrogens (primary N) is 1. The van der Waals surface area contributed by atoms with Crippen LogP contribution in [0.15, 0.2) is 24.3 Å². The number of hydrogen-bond acceptors (Lipinski definition) is 4. The lowest BCUT2D eigenvalue weighted by atomic mass is 10.0. The lowest BCUT2D eigenvalue weighted by Gasteiger charge is -2.12. The van der Waals surface area contributed by atoms with Crippen molar-refractivity contribution >= 4 is 17.6 Å². The third-order valence-corrected chi connectivity index (χ3v) is 2.20. The number of nitrogens with one attached hydrogen (secondary N) is 1. The Labute approximate surface area is 98.1 Å². The number of rotatable bonds is 6. The maximum atomic E-state index is 10.6. The predicted molar refractivity (Wildman–Crippen MR) is 61.9 cm³/mol. The molecular formula is C11H14N2O4. The summed E-state index contributed by atoms with van der Waals surface area (Å²) in [5.41, 5.74) is 6.70. The summed E-state index contributed by atoms with van der Waals surface area (Å²) >= 11 is 0. The van der Waals surface area contributed by atoms with Gasteiger partial charge in [-0.05, 0) is 11.6 Å². The summed E-state index contributed by atoms with van der Waals surface area (Å²) in [5.74, 6) is -2.07. The molecule has 0 radical (unpaired) electrons. The van der Waals surface area contributed by atoms with Crippen molar-refractivity contribution in [2.45, 2.75) is 12.5 Å². The zero-order valence-electron chi connectivity index (χ0n) is 9.09. The Morgan fingerprint density at radius 2 is 1.94 bits per heavy atom. The number of carboxylic acid groups (broad SMARTS) is 2. The number of hydrogen-bond donors (Lipinski definition) is 4. The maximum Gasteiger partial charge on any atom is 0.322 e. The van der Waals surface area contributed by atoms with E-state index in [1.807, 2.05) is 0 Å². The summed E-state index contributed by atoms with van der Waals surface area (Å²) in [6.07, 6.45) is 0.151. The van der Waals surface area contributed by atoms with Crippen molar-refractivity contribution < 1.29 is 19.8 Å². The molecule has 0 fully saturated rings. The van der Waals surface area contributed by atoms with Crippen molar-refractivity contribution in [3.05, 3.63) is 29.8 Å². The molecule has 0 aliphatic heterocycles. The molecule has 17 heavy (non-hydrogen) atoms. The molecule has 0 spiro atoms. The van der Waals surface area contributed by atoms with Crippen LogP contribution in [0.5, 0.6) is 0 Å². The lowest BCUT2D eigenvalue weighted by molar-refractivity contribution is -0.138. The molecule has 1 atom stereocenters. The predicted octanol–water partition coefficient (Wildman–Crippen LogP) is 0.137. The number of aliphatic carboxylic acids is 2. The minimum Gasteiger partial charge on any atom is -0.480 e. The molecule has 6 heteroatoms. The van der Waals surface area contributed by atoms with E-state index in [0.717, 1.165) is 0 Å². The van der Waals surface area contributed by atoms with Gasteiger partial charge in [0.25, 0.3) is 0 Å². The van der Waals surface area contributed by atoms with Crippen LogP contribution in [-0.4, -0.2) is 34.7 Å². The summed E-state index contributed by atoms with van der Waals surface area (Å²) in [6, 6.07) is 5.89. The smallest absolute Gasteiger partial charge is 0.322 e. The second kappa shape index (κ2) is 5.86. The van der Waals surface area contributed by atoms with E-state index >= 15 is 0 Å². The third-order valence-electron chi connectivity index (χ3n) is 2.20. The zero-order valence-corrected chi connectivity index (χ0v) is 9.09. The molecule has 0 saturated heterocycles. The first-order valence-electron chi connectivity index (χ1n) is 5.02. The van der Waals surface area contributed by atoms with Crippen LogP contribution in [-0.2, 0) is 16.0 Å². The van der Waals surface area contributed by atoms with Crippen LogP contribution >= 0.6 is 0 Å². The Morgan fingerprint density at radius 1 is 1.29 bits per heavy atom. The second-order valence-electron chi connectivity index (χ2n) is 3.55. The van der Waals surface area contributed by atoms with Crippen LogP contribution < -0.4 is 11.1 Å². The SMILES string of the molecule is N[C@@H](Cc1ccccc1NCC(=O)O)C(=O)O. The molecule has 0 bridgehead atoms. The van der Waals surface area contributed by atoms with E-state index in [9.17, 15) is 9.59 Å². The van der Waals surface area contributed by atoms with E-state index in [1.54, 1.807) is 24.3 Å². The van der Waals surface area contributed by atoms with Crippen LogP contribution in [0.3, 0.4) is 0 Å². The second-order valence-corrected chi connectivity index (χ2v) is 3.55. The Balaban J connectivity index is 2.77. The highest BCUT2D eigenvalue weighted by Crippen LogP contribution is 2.16. The molecule has 6 nitrogen and oxygen atoms in total. The fourth-order valence-electron chi connectivity index (χ4n) is 1.37. The molecule has 1 aromatic carbocycles. The number of benzene rings is 1. The standard InChI is InChI=1S/C11H14N2O4/c12-8(11(16)17)5-7-3-1-2-4-9(7)13-6-10(14)15/h1-4,8,13H,5-6,12H2,(H,14,15)(H,16,17)/t8-/m0/s1. The van der Waals surface area contributed by atoms with Crippen LogP contribution in [0, 0.1) is 0 Å². The largest absolute Gasteiger partial charge is 0.480 e. The third kappa shape index (κ3) is 4.12. The van der Waals surface area contributed by atoms with Crippen molar-refractivity contribution in [2.24, 2.45) is 5.73 Å². The summed E-state index contributed by atoms with van der Waals surface area (Å²) < 4.78 is 0. The lowest BCUT2D eigenvalue weighted by Crippen LogP contribution is -2.32. The minimum atomic E-state index is -1.09. The molecule has 0 aliphatic rings. The first-order chi connectivity index (χ1) is 8.00. The molecular weight excluding hydrogens is 224 g/mol. The van der Waals surface area contributed by atoms with Gasteiger partial charge in [0.05, 0.1) is 0 Å². The molecule has 0 aromatic heterocycles. The monoisotopic (exact) mass is 238 g/mol. The average molecular weight is 238 g/mol. The Kier molecular flexibility index (Phi) is 4.47. The Hall–Kier alpha value is -2.08. The van der Waals surface area contributed by atoms with Gasteiger partial charge >= 0.3 is 11.9 Å². The molecule has 1 aromatic rings. The molecule has 0 amide bonds. The van der Waals surface area contributed by atoms with Crippen molar-refractivity contribution in [3.63, 3.8) is 0 Å². The van der Waals surface area contributed by atoms with Crippen LogP contribution in [0.25, 0.3) is 0 Å². The van der Waals surface area contributed by atoms with Crippen molar-refractivity contribution in [1.29, 1.82) is 0 Å². The number of carbonyl (C=O) groups is 2. The molecule has 5 N–H and O–H groups in total. The van der Waals surface area contributed by atoms with Gasteiger partial charge in [0.1, 0.15) is 12.6 Å². The zero-order chi connectivity index (χ0) is 12.8. The van der Waals surface area contributed by atoms with Gasteiger partial charge in [-0.2, -0.15) is 0 Å². The first-order valence-corrected chi connectivity index (χ1v) is 5.02. The first kappa shape index (κ1) is 13.0. The topological polar surface area (TPSA) is 113 Å². The Bertz CT molecular complexity index is 420. The van der Waals surface area contributed by atoms with E-state index in [4.69, 9.17) is 15.9 Å². The van der Waals surface area contributed by atoms with Gasteiger partial charge in [-0.3, -0.25) is 9.59 Å². The van der Waals surface area contributed by atoms with Gasteiger partial charge in [-0.1, -0.05) is 18.2 Å². The average Bonchev–Trinajstić information content (AvgIpc) is 2.27. The molecule has 0 heterocycles. The fourth-order valence-corrected chi connectivity index (χ4v) is 1.37. The molecule has 1 rings (SSSR count). The molecule has 0 aliphatic carbocycles. The minimum absolute atomic E-state index is 0.151. The molecule has 0 unspecified atom stereocenters. The van der Waals surface area contributed by atoms with Gasteiger partial charge in [0, 0.05) is 12.1 Å². The van der Waals surface area contributed by atoms with Crippen molar-refractivity contribution in [2.75, 3.05) is 11.9 Å². The van der Waals surface area contributed by atoms with Gasteiger partial charge in [-0.15, -0.1) is 0 Å². The highest BCUT2D eigenvalue weighted by atomic mass is 16.4. The molecule has 0 saturated carbocycles. The van der Waals surface area contributed by atoms with Crippen LogP contribution in [0.4, 0.5) is 5.69 Å². The van der Waals surface area contributed by atoms with Gasteiger partial charge in [0.15, 0.2) is 0 Å². The quantitative estimate of drug-likeness (QED) is 0.560. The van der Waals surface area contributed by atoms with Crippen molar-refractivity contribution in [3.8, 4) is 0 Å². The normalized spacial score (nSPS) is 11.8. The van der Waals surface area contributed by atoms with Gasteiger partial charge in [-0.25, -0.2) is 0 Å². The van der Waals surface area contributed by atoms with E-state index in [1.165, 1.54) is 0 Å². The van der Waals surface area contributed by atoms with Crippen LogP contribution in [0.2, 0.25) is 0 Å². The van der Waals surface area contributed by atoms with Gasteiger partial charge in [0.2, 0.25) is 0 Å². The summed E-state index contributed by atoms with van der Waals surface area (Å²) in [6.45, 7) is -0.223.